The van der Waals surface area contributed by atoms with Gasteiger partial charge in [-0.3, -0.25) is 4.79 Å². The maximum absolute atomic E-state index is 12.0. The van der Waals surface area contributed by atoms with Gasteiger partial charge in [0.15, 0.2) is 0 Å². The topological polar surface area (TPSA) is 85.3 Å². The predicted molar refractivity (Wildman–Crippen MR) is 63.2 cm³/mol. The van der Waals surface area contributed by atoms with Crippen molar-refractivity contribution in [2.45, 2.75) is 18.9 Å². The number of rotatable bonds is 4. The van der Waals surface area contributed by atoms with Crippen LogP contribution in [-0.2, 0) is 23.8 Å². The molecule has 2 heterocycles. The molecule has 19 heavy (non-hydrogen) atoms. The molecule has 7 heteroatoms. The highest BCUT2D eigenvalue weighted by atomic mass is 16.6. The van der Waals surface area contributed by atoms with Gasteiger partial charge in [0.2, 0.25) is 5.76 Å². The van der Waals surface area contributed by atoms with Gasteiger partial charge in [0, 0.05) is 13.1 Å². The molecule has 0 aromatic rings. The molecule has 106 valence electrons. The molecule has 0 saturated carbocycles. The Labute approximate surface area is 110 Å². The van der Waals surface area contributed by atoms with Crippen molar-refractivity contribution in [3.05, 3.63) is 12.0 Å². The highest BCUT2D eigenvalue weighted by Gasteiger charge is 2.27. The predicted octanol–water partition coefficient (Wildman–Crippen LogP) is -0.0332. The quantitative estimate of drug-likeness (QED) is 0.772. The summed E-state index contributed by atoms with van der Waals surface area (Å²) in [5, 5.41) is 8.53. The molecule has 2 aliphatic heterocycles. The van der Waals surface area contributed by atoms with E-state index in [1.54, 1.807) is 4.90 Å². The standard InChI is InChI=1S/C12H17NO6/c14-11(15)8-19-9-1-3-13(4-2-9)12(16)10-7-17-5-6-18-10/h7,9H,1-6,8H2,(H,14,15). The lowest BCUT2D eigenvalue weighted by Gasteiger charge is -2.32. The van der Waals surface area contributed by atoms with Crippen LogP contribution in [0, 0.1) is 0 Å². The van der Waals surface area contributed by atoms with Gasteiger partial charge in [-0.15, -0.1) is 0 Å². The molecule has 0 atom stereocenters. The van der Waals surface area contributed by atoms with Crippen molar-refractivity contribution >= 4 is 11.9 Å². The fraction of sp³-hybridized carbons (Fsp3) is 0.667. The number of hydrogen-bond donors (Lipinski definition) is 1. The normalized spacial score (nSPS) is 20.2. The summed E-state index contributed by atoms with van der Waals surface area (Å²) in [4.78, 5) is 24.1. The van der Waals surface area contributed by atoms with Crippen LogP contribution in [0.25, 0.3) is 0 Å². The number of carbonyl (C=O) groups excluding carboxylic acids is 1. The Hall–Kier alpha value is -1.76. The van der Waals surface area contributed by atoms with Crippen LogP contribution >= 0.6 is 0 Å². The lowest BCUT2D eigenvalue weighted by atomic mass is 10.1. The number of amides is 1. The molecule has 1 fully saturated rings. The number of carboxylic acids is 1. The molecule has 2 rings (SSSR count). The van der Waals surface area contributed by atoms with E-state index in [1.807, 2.05) is 0 Å². The van der Waals surface area contributed by atoms with E-state index in [0.717, 1.165) is 0 Å². The Morgan fingerprint density at radius 1 is 1.37 bits per heavy atom. The second-order valence-electron chi connectivity index (χ2n) is 4.40. The van der Waals surface area contributed by atoms with Gasteiger partial charge in [-0.05, 0) is 12.8 Å². The Balaban J connectivity index is 1.77. The molecule has 0 unspecified atom stereocenters. The van der Waals surface area contributed by atoms with Crippen LogP contribution in [0.2, 0.25) is 0 Å². The van der Waals surface area contributed by atoms with E-state index < -0.39 is 5.97 Å². The van der Waals surface area contributed by atoms with Crippen molar-refractivity contribution in [2.24, 2.45) is 0 Å². The molecule has 7 nitrogen and oxygen atoms in total. The first-order chi connectivity index (χ1) is 9.16. The molecule has 1 amide bonds. The SMILES string of the molecule is O=C(O)COC1CCN(C(=O)C2=COCCO2)CC1. The van der Waals surface area contributed by atoms with Crippen LogP contribution in [0.5, 0.6) is 0 Å². The number of carboxylic acid groups (broad SMARTS) is 1. The Kier molecular flexibility index (Phi) is 4.62. The number of hydrogen-bond acceptors (Lipinski definition) is 5. The monoisotopic (exact) mass is 271 g/mol. The highest BCUT2D eigenvalue weighted by molar-refractivity contribution is 5.91. The Morgan fingerprint density at radius 2 is 2.11 bits per heavy atom. The molecule has 0 aliphatic carbocycles. The third-order valence-electron chi connectivity index (χ3n) is 3.03. The first-order valence-corrected chi connectivity index (χ1v) is 6.24. The second kappa shape index (κ2) is 6.42. The largest absolute Gasteiger partial charge is 0.494 e. The molecule has 1 N–H and O–H groups in total. The van der Waals surface area contributed by atoms with Crippen LogP contribution in [0.15, 0.2) is 12.0 Å². The Morgan fingerprint density at radius 3 is 2.68 bits per heavy atom. The van der Waals surface area contributed by atoms with Gasteiger partial charge >= 0.3 is 5.97 Å². The molecule has 0 aromatic heterocycles. The third-order valence-corrected chi connectivity index (χ3v) is 3.03. The Bertz CT molecular complexity index is 372. The van der Waals surface area contributed by atoms with Gasteiger partial charge < -0.3 is 24.2 Å². The maximum atomic E-state index is 12.0. The van der Waals surface area contributed by atoms with E-state index in [9.17, 15) is 9.59 Å². The average molecular weight is 271 g/mol. The summed E-state index contributed by atoms with van der Waals surface area (Å²) in [6.45, 7) is 1.62. The summed E-state index contributed by atoms with van der Waals surface area (Å²) in [5.74, 6) is -0.927. The molecule has 0 spiro atoms. The van der Waals surface area contributed by atoms with Crippen molar-refractivity contribution in [3.8, 4) is 0 Å². The van der Waals surface area contributed by atoms with Gasteiger partial charge in [-0.2, -0.15) is 0 Å². The zero-order valence-corrected chi connectivity index (χ0v) is 10.5. The minimum absolute atomic E-state index is 0.0994. The number of aliphatic carboxylic acids is 1. The summed E-state index contributed by atoms with van der Waals surface area (Å²) in [5.41, 5.74) is 0. The van der Waals surface area contributed by atoms with Gasteiger partial charge in [-0.1, -0.05) is 0 Å². The van der Waals surface area contributed by atoms with E-state index in [2.05, 4.69) is 0 Å². The van der Waals surface area contributed by atoms with E-state index in [-0.39, 0.29) is 24.4 Å². The van der Waals surface area contributed by atoms with E-state index in [4.69, 9.17) is 19.3 Å². The van der Waals surface area contributed by atoms with Crippen LogP contribution < -0.4 is 0 Å². The molecule has 0 radical (unpaired) electrons. The molecule has 2 aliphatic rings. The summed E-state index contributed by atoms with van der Waals surface area (Å²) in [7, 11) is 0. The number of nitrogens with zero attached hydrogens (tertiary/aromatic N) is 1. The second-order valence-corrected chi connectivity index (χ2v) is 4.40. The van der Waals surface area contributed by atoms with Crippen LogP contribution in [0.1, 0.15) is 12.8 Å². The minimum Gasteiger partial charge on any atom is -0.494 e. The van der Waals surface area contributed by atoms with E-state index in [1.165, 1.54) is 6.26 Å². The van der Waals surface area contributed by atoms with E-state index in [0.29, 0.717) is 39.1 Å². The maximum Gasteiger partial charge on any atom is 0.329 e. The zero-order chi connectivity index (χ0) is 13.7. The average Bonchev–Trinajstić information content (AvgIpc) is 2.46. The lowest BCUT2D eigenvalue weighted by molar-refractivity contribution is -0.147. The first-order valence-electron chi connectivity index (χ1n) is 6.24. The highest BCUT2D eigenvalue weighted by Crippen LogP contribution is 2.17. The molecular weight excluding hydrogens is 254 g/mol. The summed E-state index contributed by atoms with van der Waals surface area (Å²) in [6.07, 6.45) is 2.51. The zero-order valence-electron chi connectivity index (χ0n) is 10.5. The fourth-order valence-electron chi connectivity index (χ4n) is 2.05. The fourth-order valence-corrected chi connectivity index (χ4v) is 2.05. The first kappa shape index (κ1) is 13.7. The van der Waals surface area contributed by atoms with E-state index >= 15 is 0 Å². The van der Waals surface area contributed by atoms with Crippen LogP contribution in [0.3, 0.4) is 0 Å². The number of carbonyl (C=O) groups is 2. The molecule has 1 saturated heterocycles. The van der Waals surface area contributed by atoms with Gasteiger partial charge in [0.25, 0.3) is 5.91 Å². The van der Waals surface area contributed by atoms with Crippen molar-refractivity contribution in [1.29, 1.82) is 0 Å². The number of ether oxygens (including phenoxy) is 3. The number of likely N-dealkylation sites (tertiary alicyclic amines) is 1. The minimum atomic E-state index is -0.976. The van der Waals surface area contributed by atoms with Gasteiger partial charge in [0.05, 0.1) is 6.10 Å². The molecule has 0 aromatic carbocycles. The van der Waals surface area contributed by atoms with Crippen molar-refractivity contribution < 1.29 is 28.9 Å². The summed E-state index contributed by atoms with van der Waals surface area (Å²) < 4.78 is 15.5. The summed E-state index contributed by atoms with van der Waals surface area (Å²) >= 11 is 0. The van der Waals surface area contributed by atoms with Crippen molar-refractivity contribution in [2.75, 3.05) is 32.9 Å². The smallest absolute Gasteiger partial charge is 0.329 e. The summed E-state index contributed by atoms with van der Waals surface area (Å²) in [6, 6.07) is 0. The van der Waals surface area contributed by atoms with Crippen molar-refractivity contribution in [3.63, 3.8) is 0 Å². The number of piperidine rings is 1. The van der Waals surface area contributed by atoms with Crippen LogP contribution in [-0.4, -0.2) is 60.9 Å². The van der Waals surface area contributed by atoms with Gasteiger partial charge in [-0.25, -0.2) is 4.79 Å². The van der Waals surface area contributed by atoms with Gasteiger partial charge in [0.1, 0.15) is 26.1 Å². The molecule has 0 bridgehead atoms. The third kappa shape index (κ3) is 3.85. The van der Waals surface area contributed by atoms with Crippen LogP contribution in [0.4, 0.5) is 0 Å². The van der Waals surface area contributed by atoms with Crippen molar-refractivity contribution in [1.82, 2.24) is 4.90 Å². The lowest BCUT2D eigenvalue weighted by Crippen LogP contribution is -2.42. The molecular formula is C12H17NO6.